The molecule has 1 unspecified atom stereocenters. The van der Waals surface area contributed by atoms with Crippen LogP contribution in [0.4, 0.5) is 0 Å². The number of rotatable bonds is 4. The summed E-state index contributed by atoms with van der Waals surface area (Å²) in [6.45, 7) is 5.30. The highest BCUT2D eigenvalue weighted by molar-refractivity contribution is 6.30. The van der Waals surface area contributed by atoms with Crippen molar-refractivity contribution in [2.75, 3.05) is 19.6 Å². The van der Waals surface area contributed by atoms with Gasteiger partial charge in [-0.15, -0.1) is 0 Å². The van der Waals surface area contributed by atoms with Gasteiger partial charge in [0.15, 0.2) is 0 Å². The monoisotopic (exact) mass is 379 g/mol. The topological polar surface area (TPSA) is 47.3 Å². The predicted octanol–water partition coefficient (Wildman–Crippen LogP) is 3.96. The largest absolute Gasteiger partial charge is 0.334 e. The number of carbonyl (C=O) groups excluding carboxylic acids is 1. The number of nitrogens with zero attached hydrogens (tertiary/aromatic N) is 3. The smallest absolute Gasteiger partial charge is 0.246 e. The Morgan fingerprint density at radius 1 is 1.19 bits per heavy atom. The van der Waals surface area contributed by atoms with E-state index in [0.29, 0.717) is 17.1 Å². The summed E-state index contributed by atoms with van der Waals surface area (Å²) < 4.78 is 0. The summed E-state index contributed by atoms with van der Waals surface area (Å²) in [4.78, 5) is 16.8. The fraction of sp³-hybridized carbons (Fsp3) is 0.273. The fourth-order valence-electron chi connectivity index (χ4n) is 3.28. The maximum atomic E-state index is 12.5. The van der Waals surface area contributed by atoms with Crippen LogP contribution in [0, 0.1) is 11.3 Å². The lowest BCUT2D eigenvalue weighted by atomic mass is 10.1. The van der Waals surface area contributed by atoms with Crippen molar-refractivity contribution >= 4 is 23.6 Å². The van der Waals surface area contributed by atoms with E-state index >= 15 is 0 Å². The molecule has 0 N–H and O–H groups in total. The van der Waals surface area contributed by atoms with E-state index in [4.69, 9.17) is 16.9 Å². The molecule has 0 aliphatic carbocycles. The zero-order valence-electron chi connectivity index (χ0n) is 15.3. The van der Waals surface area contributed by atoms with Crippen molar-refractivity contribution in [2.45, 2.75) is 19.5 Å². The molecule has 27 heavy (non-hydrogen) atoms. The summed E-state index contributed by atoms with van der Waals surface area (Å²) >= 11 is 5.88. The lowest BCUT2D eigenvalue weighted by molar-refractivity contribution is -0.130. The van der Waals surface area contributed by atoms with Crippen LogP contribution in [-0.2, 0) is 11.3 Å². The first-order chi connectivity index (χ1) is 13.0. The molecule has 1 fully saturated rings. The minimum absolute atomic E-state index is 0.0375. The van der Waals surface area contributed by atoms with Gasteiger partial charge in [0.05, 0.1) is 11.6 Å². The van der Waals surface area contributed by atoms with Crippen molar-refractivity contribution in [2.24, 2.45) is 0 Å². The number of halogens is 1. The van der Waals surface area contributed by atoms with Crippen molar-refractivity contribution in [3.8, 4) is 6.07 Å². The van der Waals surface area contributed by atoms with Gasteiger partial charge >= 0.3 is 0 Å². The number of hydrogen-bond donors (Lipinski definition) is 0. The number of amides is 1. The second-order valence-corrected chi connectivity index (χ2v) is 7.25. The molecule has 0 aromatic heterocycles. The first-order valence-electron chi connectivity index (χ1n) is 9.01. The van der Waals surface area contributed by atoms with Crippen LogP contribution in [0.15, 0.2) is 54.6 Å². The number of benzene rings is 2. The second kappa shape index (κ2) is 8.85. The van der Waals surface area contributed by atoms with E-state index in [1.165, 1.54) is 5.56 Å². The van der Waals surface area contributed by atoms with Crippen LogP contribution in [0.5, 0.6) is 0 Å². The number of nitriles is 1. The third-order valence-electron chi connectivity index (χ3n) is 4.77. The van der Waals surface area contributed by atoms with Crippen LogP contribution in [-0.4, -0.2) is 41.4 Å². The quantitative estimate of drug-likeness (QED) is 0.755. The van der Waals surface area contributed by atoms with Crippen molar-refractivity contribution in [1.29, 1.82) is 5.26 Å². The SMILES string of the molecule is CC1CN(Cc2ccc(C#N)cc2)CCN1C(=O)/C=C/c1ccc(Cl)cc1. The first kappa shape index (κ1) is 19.2. The van der Waals surface area contributed by atoms with Gasteiger partial charge in [0.2, 0.25) is 5.91 Å². The normalized spacial score (nSPS) is 17.8. The maximum absolute atomic E-state index is 12.5. The van der Waals surface area contributed by atoms with E-state index in [9.17, 15) is 4.79 Å². The molecule has 0 spiro atoms. The molecule has 1 aliphatic rings. The van der Waals surface area contributed by atoms with Gasteiger partial charge in [0, 0.05) is 43.3 Å². The Kier molecular flexibility index (Phi) is 6.28. The van der Waals surface area contributed by atoms with Crippen LogP contribution in [0.3, 0.4) is 0 Å². The highest BCUT2D eigenvalue weighted by Crippen LogP contribution is 2.15. The van der Waals surface area contributed by atoms with E-state index in [2.05, 4.69) is 17.9 Å². The van der Waals surface area contributed by atoms with Crippen molar-refractivity contribution in [1.82, 2.24) is 9.80 Å². The summed E-state index contributed by atoms with van der Waals surface area (Å²) in [5.41, 5.74) is 2.82. The van der Waals surface area contributed by atoms with Gasteiger partial charge in [-0.1, -0.05) is 35.9 Å². The van der Waals surface area contributed by atoms with E-state index < -0.39 is 0 Å². The van der Waals surface area contributed by atoms with Gasteiger partial charge in [-0.3, -0.25) is 9.69 Å². The molecule has 0 radical (unpaired) electrons. The number of hydrogen-bond acceptors (Lipinski definition) is 3. The highest BCUT2D eigenvalue weighted by Gasteiger charge is 2.26. The standard InChI is InChI=1S/C22H22ClN3O/c1-17-15-25(16-20-4-2-19(14-24)3-5-20)12-13-26(17)22(27)11-8-18-6-9-21(23)10-7-18/h2-11,17H,12-13,15-16H2,1H3/b11-8+. The minimum atomic E-state index is 0.0375. The first-order valence-corrected chi connectivity index (χ1v) is 9.38. The molecule has 1 aliphatic heterocycles. The molecule has 0 bridgehead atoms. The summed E-state index contributed by atoms with van der Waals surface area (Å²) in [6, 6.07) is 17.4. The molecule has 2 aromatic rings. The number of piperazine rings is 1. The van der Waals surface area contributed by atoms with E-state index in [0.717, 1.165) is 25.2 Å². The van der Waals surface area contributed by atoms with Gasteiger partial charge in [0.1, 0.15) is 0 Å². The Labute approximate surface area is 165 Å². The molecule has 2 aromatic carbocycles. The lowest BCUT2D eigenvalue weighted by Gasteiger charge is -2.39. The Balaban J connectivity index is 1.55. The van der Waals surface area contributed by atoms with Crippen LogP contribution in [0.1, 0.15) is 23.6 Å². The molecule has 4 nitrogen and oxygen atoms in total. The molecule has 3 rings (SSSR count). The van der Waals surface area contributed by atoms with Crippen molar-refractivity contribution < 1.29 is 4.79 Å². The molecular weight excluding hydrogens is 358 g/mol. The molecule has 1 atom stereocenters. The second-order valence-electron chi connectivity index (χ2n) is 6.81. The zero-order chi connectivity index (χ0) is 19.2. The molecule has 138 valence electrons. The Bertz CT molecular complexity index is 853. The number of carbonyl (C=O) groups is 1. The Morgan fingerprint density at radius 3 is 2.52 bits per heavy atom. The molecule has 5 heteroatoms. The summed E-state index contributed by atoms with van der Waals surface area (Å²) in [5.74, 6) is 0.0375. The van der Waals surface area contributed by atoms with Crippen molar-refractivity contribution in [3.05, 3.63) is 76.3 Å². The maximum Gasteiger partial charge on any atom is 0.246 e. The van der Waals surface area contributed by atoms with Gasteiger partial charge in [0.25, 0.3) is 0 Å². The average Bonchev–Trinajstić information content (AvgIpc) is 2.68. The molecular formula is C22H22ClN3O. The van der Waals surface area contributed by atoms with E-state index in [1.54, 1.807) is 6.08 Å². The van der Waals surface area contributed by atoms with Gasteiger partial charge in [-0.25, -0.2) is 0 Å². The van der Waals surface area contributed by atoms with Crippen LogP contribution >= 0.6 is 11.6 Å². The third kappa shape index (κ3) is 5.19. The summed E-state index contributed by atoms with van der Waals surface area (Å²) in [6.07, 6.45) is 3.46. The highest BCUT2D eigenvalue weighted by atomic mass is 35.5. The lowest BCUT2D eigenvalue weighted by Crippen LogP contribution is -2.53. The van der Waals surface area contributed by atoms with Crippen LogP contribution in [0.25, 0.3) is 6.08 Å². The molecule has 1 amide bonds. The van der Waals surface area contributed by atoms with Gasteiger partial charge in [-0.05, 0) is 48.4 Å². The minimum Gasteiger partial charge on any atom is -0.334 e. The van der Waals surface area contributed by atoms with E-state index in [1.807, 2.05) is 59.5 Å². The van der Waals surface area contributed by atoms with E-state index in [-0.39, 0.29) is 11.9 Å². The Hall–Kier alpha value is -2.61. The Morgan fingerprint density at radius 2 is 1.89 bits per heavy atom. The third-order valence-corrected chi connectivity index (χ3v) is 5.02. The molecule has 1 heterocycles. The molecule has 1 saturated heterocycles. The van der Waals surface area contributed by atoms with Crippen molar-refractivity contribution in [3.63, 3.8) is 0 Å². The van der Waals surface area contributed by atoms with Gasteiger partial charge < -0.3 is 4.90 Å². The average molecular weight is 380 g/mol. The van der Waals surface area contributed by atoms with Crippen LogP contribution < -0.4 is 0 Å². The summed E-state index contributed by atoms with van der Waals surface area (Å²) in [7, 11) is 0. The van der Waals surface area contributed by atoms with Crippen LogP contribution in [0.2, 0.25) is 5.02 Å². The fourth-order valence-corrected chi connectivity index (χ4v) is 3.41. The summed E-state index contributed by atoms with van der Waals surface area (Å²) in [5, 5.41) is 9.57. The van der Waals surface area contributed by atoms with Gasteiger partial charge in [-0.2, -0.15) is 5.26 Å². The zero-order valence-corrected chi connectivity index (χ0v) is 16.1. The molecule has 0 saturated carbocycles. The predicted molar refractivity (Wildman–Crippen MR) is 108 cm³/mol.